The van der Waals surface area contributed by atoms with E-state index in [1.165, 1.54) is 77.0 Å². The number of carboxylic acids is 1. The normalized spacial score (nSPS) is 21.5. The molecule has 4 aliphatic carbocycles. The molecule has 2 amide bonds. The predicted octanol–water partition coefficient (Wildman–Crippen LogP) is 5.05. The molecule has 3 unspecified atom stereocenters. The minimum Gasteiger partial charge on any atom is -0.480 e. The minimum atomic E-state index is -0.990. The molecule has 48 heavy (non-hydrogen) atoms. The lowest BCUT2D eigenvalue weighted by atomic mass is 10.0. The van der Waals surface area contributed by atoms with Crippen molar-refractivity contribution in [1.82, 2.24) is 31.9 Å². The lowest BCUT2D eigenvalue weighted by molar-refractivity contribution is -0.142. The fourth-order valence-electron chi connectivity index (χ4n) is 8.49. The van der Waals surface area contributed by atoms with Gasteiger partial charge in [-0.2, -0.15) is 0 Å². The van der Waals surface area contributed by atoms with E-state index in [0.717, 1.165) is 77.3 Å². The maximum Gasteiger partial charge on any atom is 0.326 e. The molecule has 0 bridgehead atoms. The van der Waals surface area contributed by atoms with Crippen LogP contribution in [-0.2, 0) is 14.4 Å². The highest BCUT2D eigenvalue weighted by Crippen LogP contribution is 2.21. The highest BCUT2D eigenvalue weighted by Gasteiger charge is 2.28. The molecule has 0 aromatic rings. The summed E-state index contributed by atoms with van der Waals surface area (Å²) in [4.78, 5) is 38.8. The third kappa shape index (κ3) is 15.0. The Bertz CT molecular complexity index is 913. The summed E-state index contributed by atoms with van der Waals surface area (Å²) in [6.45, 7) is 2.52. The van der Waals surface area contributed by atoms with Gasteiger partial charge in [-0.05, 0) is 109 Å². The summed E-state index contributed by atoms with van der Waals surface area (Å²) >= 11 is 0. The molecule has 4 fully saturated rings. The summed E-state index contributed by atoms with van der Waals surface area (Å²) in [6, 6.07) is 0.654. The maximum atomic E-state index is 13.4. The summed E-state index contributed by atoms with van der Waals surface area (Å²) in [6.07, 6.45) is 27.0. The van der Waals surface area contributed by atoms with E-state index in [0.29, 0.717) is 50.0 Å². The van der Waals surface area contributed by atoms with Gasteiger partial charge in [0.05, 0.1) is 12.1 Å². The lowest BCUT2D eigenvalue weighted by Gasteiger charge is -2.25. The molecule has 0 aromatic carbocycles. The Kier molecular flexibility index (Phi) is 18.6. The predicted molar refractivity (Wildman–Crippen MR) is 193 cm³/mol. The first kappa shape index (κ1) is 39.0. The first-order valence-corrected chi connectivity index (χ1v) is 20.3. The highest BCUT2D eigenvalue weighted by molar-refractivity contribution is 5.87. The van der Waals surface area contributed by atoms with Crippen molar-refractivity contribution in [2.75, 3.05) is 19.6 Å². The van der Waals surface area contributed by atoms with Crippen molar-refractivity contribution in [2.24, 2.45) is 0 Å². The number of carbonyl (C=O) groups is 3. The van der Waals surface area contributed by atoms with Gasteiger partial charge >= 0.3 is 5.97 Å². The first-order chi connectivity index (χ1) is 23.5. The molecular weight excluding hydrogens is 604 g/mol. The van der Waals surface area contributed by atoms with Crippen LogP contribution in [0.25, 0.3) is 0 Å². The van der Waals surface area contributed by atoms with Crippen molar-refractivity contribution in [3.63, 3.8) is 0 Å². The molecule has 0 saturated heterocycles. The van der Waals surface area contributed by atoms with Crippen molar-refractivity contribution in [3.05, 3.63) is 0 Å². The van der Waals surface area contributed by atoms with E-state index >= 15 is 0 Å². The fraction of sp³-hybridized carbons (Fsp3) is 0.921. The van der Waals surface area contributed by atoms with Crippen molar-refractivity contribution in [3.8, 4) is 0 Å². The molecule has 3 atom stereocenters. The van der Waals surface area contributed by atoms with Gasteiger partial charge in [0.15, 0.2) is 0 Å². The number of aliphatic carboxylic acids is 1. The average molecular weight is 675 g/mol. The fourth-order valence-corrected chi connectivity index (χ4v) is 8.49. The molecule has 276 valence electrons. The Labute approximate surface area is 291 Å². The second-order valence-corrected chi connectivity index (χ2v) is 15.5. The first-order valence-electron chi connectivity index (χ1n) is 20.3. The van der Waals surface area contributed by atoms with Crippen molar-refractivity contribution >= 4 is 17.8 Å². The number of hydrogen-bond donors (Lipinski definition) is 7. The van der Waals surface area contributed by atoms with Crippen LogP contribution in [0.2, 0.25) is 0 Å². The Morgan fingerprint density at radius 2 is 0.854 bits per heavy atom. The molecule has 0 heterocycles. The number of carbonyl (C=O) groups excluding carboxylic acids is 2. The summed E-state index contributed by atoms with van der Waals surface area (Å²) in [7, 11) is 0. The lowest BCUT2D eigenvalue weighted by Crippen LogP contribution is -2.52. The summed E-state index contributed by atoms with van der Waals surface area (Å²) in [5, 5.41) is 30.5. The highest BCUT2D eigenvalue weighted by atomic mass is 16.4. The molecule has 10 nitrogen and oxygen atoms in total. The van der Waals surface area contributed by atoms with Crippen LogP contribution in [0.3, 0.4) is 0 Å². The number of nitrogens with one attached hydrogen (secondary N) is 6. The van der Waals surface area contributed by atoms with Crippen molar-refractivity contribution in [1.29, 1.82) is 0 Å². The van der Waals surface area contributed by atoms with Crippen LogP contribution in [0.5, 0.6) is 0 Å². The SMILES string of the molecule is O=C(O)C(CCCCNC(=O)C(CCCCNC1CCCC1)NC1CCCC1)NC(=O)C(CCCCNC1CCCC1)NC1CCCC1. The van der Waals surface area contributed by atoms with Gasteiger partial charge in [0.2, 0.25) is 11.8 Å². The molecule has 0 aromatic heterocycles. The van der Waals surface area contributed by atoms with Crippen LogP contribution in [0.15, 0.2) is 0 Å². The summed E-state index contributed by atoms with van der Waals surface area (Å²) in [5.74, 6) is -1.12. The number of rotatable bonds is 25. The number of amides is 2. The number of unbranched alkanes of at least 4 members (excludes halogenated alkanes) is 3. The molecule has 0 spiro atoms. The molecule has 4 saturated carbocycles. The van der Waals surface area contributed by atoms with E-state index in [1.54, 1.807) is 0 Å². The van der Waals surface area contributed by atoms with E-state index in [9.17, 15) is 19.5 Å². The van der Waals surface area contributed by atoms with Gasteiger partial charge in [0.25, 0.3) is 0 Å². The number of carboxylic acid groups (broad SMARTS) is 1. The largest absolute Gasteiger partial charge is 0.480 e. The van der Waals surface area contributed by atoms with Crippen LogP contribution in [0.1, 0.15) is 161 Å². The standard InChI is InChI=1S/C38H70N6O4/c45-36(33(42-31-19-5-6-20-31)23-9-12-26-39-29-15-1-2-16-29)41-28-14-11-25-35(38(47)48)44-37(46)34(43-32-21-7-8-22-32)24-10-13-27-40-30-17-3-4-18-30/h29-35,39-40,42-43H,1-28H2,(H,41,45)(H,44,46)(H,47,48). The van der Waals surface area contributed by atoms with Crippen LogP contribution in [0.4, 0.5) is 0 Å². The third-order valence-corrected chi connectivity index (χ3v) is 11.5. The molecule has 4 aliphatic rings. The van der Waals surface area contributed by atoms with E-state index in [4.69, 9.17) is 0 Å². The maximum absolute atomic E-state index is 13.4. The van der Waals surface area contributed by atoms with Crippen LogP contribution < -0.4 is 31.9 Å². The minimum absolute atomic E-state index is 0.0630. The molecule has 7 N–H and O–H groups in total. The van der Waals surface area contributed by atoms with E-state index in [2.05, 4.69) is 31.9 Å². The van der Waals surface area contributed by atoms with E-state index in [-0.39, 0.29) is 23.9 Å². The average Bonchev–Trinajstić information content (AvgIpc) is 3.91. The van der Waals surface area contributed by atoms with Gasteiger partial charge in [-0.15, -0.1) is 0 Å². The molecular formula is C38H70N6O4. The summed E-state index contributed by atoms with van der Waals surface area (Å²) < 4.78 is 0. The van der Waals surface area contributed by atoms with Gasteiger partial charge in [-0.1, -0.05) is 64.2 Å². The molecule has 4 rings (SSSR count). The monoisotopic (exact) mass is 675 g/mol. The van der Waals surface area contributed by atoms with E-state index < -0.39 is 12.0 Å². The Balaban J connectivity index is 1.14. The van der Waals surface area contributed by atoms with Gasteiger partial charge in [-0.25, -0.2) is 4.79 Å². The van der Waals surface area contributed by atoms with Crippen LogP contribution >= 0.6 is 0 Å². The summed E-state index contributed by atoms with van der Waals surface area (Å²) in [5.41, 5.74) is 0. The van der Waals surface area contributed by atoms with E-state index in [1.807, 2.05) is 0 Å². The van der Waals surface area contributed by atoms with Crippen LogP contribution in [0, 0.1) is 0 Å². The second-order valence-electron chi connectivity index (χ2n) is 15.5. The second kappa shape index (κ2) is 22.9. The molecule has 0 radical (unpaired) electrons. The Morgan fingerprint density at radius 3 is 1.29 bits per heavy atom. The quantitative estimate of drug-likeness (QED) is 0.0667. The smallest absolute Gasteiger partial charge is 0.326 e. The molecule has 10 heteroatoms. The van der Waals surface area contributed by atoms with Gasteiger partial charge in [-0.3, -0.25) is 9.59 Å². The molecule has 0 aliphatic heterocycles. The Hall–Kier alpha value is -1.75. The van der Waals surface area contributed by atoms with Gasteiger partial charge in [0.1, 0.15) is 6.04 Å². The van der Waals surface area contributed by atoms with Gasteiger partial charge in [0, 0.05) is 30.7 Å². The third-order valence-electron chi connectivity index (χ3n) is 11.5. The van der Waals surface area contributed by atoms with Gasteiger partial charge < -0.3 is 37.0 Å². The topological polar surface area (TPSA) is 144 Å². The van der Waals surface area contributed by atoms with Crippen molar-refractivity contribution in [2.45, 2.75) is 203 Å². The van der Waals surface area contributed by atoms with Crippen molar-refractivity contribution < 1.29 is 19.5 Å². The Morgan fingerprint density at radius 1 is 0.479 bits per heavy atom. The number of hydrogen-bond acceptors (Lipinski definition) is 7. The zero-order valence-corrected chi connectivity index (χ0v) is 30.0. The zero-order chi connectivity index (χ0) is 33.8. The zero-order valence-electron chi connectivity index (χ0n) is 30.0. The van der Waals surface area contributed by atoms with Crippen LogP contribution in [-0.4, -0.2) is 84.8 Å².